The highest BCUT2D eigenvalue weighted by molar-refractivity contribution is 5.93. The molecule has 132 valence electrons. The number of hydrogen-bond acceptors (Lipinski definition) is 1. The van der Waals surface area contributed by atoms with E-state index in [1.807, 2.05) is 19.2 Å². The molecule has 0 aliphatic carbocycles. The number of aromatic nitrogens is 1. The molecule has 2 N–H and O–H groups in total. The van der Waals surface area contributed by atoms with Crippen LogP contribution < -0.4 is 22.7 Å². The molecule has 23 heavy (non-hydrogen) atoms. The minimum atomic E-state index is -0.338. The van der Waals surface area contributed by atoms with Gasteiger partial charge in [0.25, 0.3) is 5.91 Å². The Morgan fingerprint density at radius 3 is 2.04 bits per heavy atom. The first-order valence-corrected chi connectivity index (χ1v) is 8.95. The first-order chi connectivity index (χ1) is 10.7. The Bertz CT molecular complexity index is 449. The lowest BCUT2D eigenvalue weighted by atomic mass is 10.1. The molecule has 0 bridgehead atoms. The maximum Gasteiger partial charge on any atom is 0.255 e. The molecule has 0 radical (unpaired) electrons. The van der Waals surface area contributed by atoms with E-state index >= 15 is 0 Å². The number of unbranched alkanes of at least 4 members (excludes halogenated alkanes) is 9. The van der Waals surface area contributed by atoms with Crippen molar-refractivity contribution < 1.29 is 21.8 Å². The van der Waals surface area contributed by atoms with E-state index in [9.17, 15) is 4.79 Å². The Kier molecular flexibility index (Phi) is 12.7. The molecule has 0 aromatic carbocycles. The smallest absolute Gasteiger partial charge is 0.255 e. The van der Waals surface area contributed by atoms with Crippen LogP contribution in [0, 0.1) is 6.92 Å². The van der Waals surface area contributed by atoms with E-state index < -0.39 is 0 Å². The summed E-state index contributed by atoms with van der Waals surface area (Å²) in [6.07, 6.45) is 15.5. The van der Waals surface area contributed by atoms with Crippen molar-refractivity contribution in [2.75, 3.05) is 0 Å². The van der Waals surface area contributed by atoms with E-state index in [-0.39, 0.29) is 18.3 Å². The summed E-state index contributed by atoms with van der Waals surface area (Å²) in [5, 5.41) is 0. The zero-order valence-corrected chi connectivity index (χ0v) is 15.6. The van der Waals surface area contributed by atoms with Gasteiger partial charge in [0, 0.05) is 19.4 Å². The van der Waals surface area contributed by atoms with Crippen molar-refractivity contribution in [3.05, 3.63) is 29.6 Å². The van der Waals surface area contributed by atoms with E-state index in [0.717, 1.165) is 12.2 Å². The molecule has 0 saturated carbocycles. The van der Waals surface area contributed by atoms with Crippen molar-refractivity contribution in [3.63, 3.8) is 0 Å². The zero-order valence-electron chi connectivity index (χ0n) is 14.8. The number of nitrogens with zero attached hydrogens (tertiary/aromatic N) is 1. The van der Waals surface area contributed by atoms with Gasteiger partial charge in [-0.2, -0.15) is 0 Å². The van der Waals surface area contributed by atoms with Gasteiger partial charge in [-0.15, -0.1) is 0 Å². The molecule has 1 rings (SSSR count). The lowest BCUT2D eigenvalue weighted by Gasteiger charge is -2.04. The van der Waals surface area contributed by atoms with Crippen LogP contribution in [0.25, 0.3) is 0 Å². The largest absolute Gasteiger partial charge is 1.00 e. The third kappa shape index (κ3) is 8.95. The summed E-state index contributed by atoms with van der Waals surface area (Å²) in [6, 6.07) is 3.70. The fraction of sp³-hybridized carbons (Fsp3) is 0.684. The summed E-state index contributed by atoms with van der Waals surface area (Å²) in [5.74, 6) is -0.338. The Labute approximate surface area is 148 Å². The van der Waals surface area contributed by atoms with Crippen LogP contribution in [-0.2, 0) is 6.54 Å². The Balaban J connectivity index is 0.00000484. The minimum absolute atomic E-state index is 0. The summed E-state index contributed by atoms with van der Waals surface area (Å²) in [4.78, 5) is 11.3. The van der Waals surface area contributed by atoms with E-state index in [0.29, 0.717) is 5.56 Å². The summed E-state index contributed by atoms with van der Waals surface area (Å²) in [7, 11) is 0. The molecule has 0 fully saturated rings. The number of nitrogens with two attached hydrogens (primary N) is 1. The lowest BCUT2D eigenvalue weighted by molar-refractivity contribution is -0.703. The number of carbonyl (C=O) groups is 1. The zero-order chi connectivity index (χ0) is 16.2. The van der Waals surface area contributed by atoms with Crippen LogP contribution in [0.15, 0.2) is 18.3 Å². The Morgan fingerprint density at radius 1 is 1.00 bits per heavy atom. The van der Waals surface area contributed by atoms with Crippen molar-refractivity contribution in [1.29, 1.82) is 0 Å². The van der Waals surface area contributed by atoms with Gasteiger partial charge in [-0.1, -0.05) is 58.3 Å². The van der Waals surface area contributed by atoms with Crippen LogP contribution in [0.5, 0.6) is 0 Å². The second-order valence-corrected chi connectivity index (χ2v) is 6.25. The van der Waals surface area contributed by atoms with Gasteiger partial charge in [0.2, 0.25) is 0 Å². The molecular weight excluding hydrogens is 308 g/mol. The topological polar surface area (TPSA) is 47.0 Å². The second kappa shape index (κ2) is 13.4. The molecule has 0 spiro atoms. The predicted octanol–water partition coefficient (Wildman–Crippen LogP) is 1.31. The van der Waals surface area contributed by atoms with Crippen molar-refractivity contribution >= 4 is 5.91 Å². The molecule has 4 heteroatoms. The van der Waals surface area contributed by atoms with Crippen molar-refractivity contribution in [3.8, 4) is 0 Å². The Morgan fingerprint density at radius 2 is 1.52 bits per heavy atom. The summed E-state index contributed by atoms with van der Waals surface area (Å²) < 4.78 is 2.14. The van der Waals surface area contributed by atoms with E-state index in [4.69, 9.17) is 5.73 Å². The van der Waals surface area contributed by atoms with Gasteiger partial charge >= 0.3 is 0 Å². The molecular formula is C19H33ClN2O. The summed E-state index contributed by atoms with van der Waals surface area (Å²) in [5.41, 5.74) is 7.00. The van der Waals surface area contributed by atoms with Crippen LogP contribution in [0.1, 0.15) is 87.2 Å². The average molecular weight is 341 g/mol. The highest BCUT2D eigenvalue weighted by atomic mass is 35.5. The first kappa shape index (κ1) is 21.9. The third-order valence-electron chi connectivity index (χ3n) is 4.37. The van der Waals surface area contributed by atoms with Crippen LogP contribution >= 0.6 is 0 Å². The van der Waals surface area contributed by atoms with Gasteiger partial charge in [0.1, 0.15) is 12.1 Å². The van der Waals surface area contributed by atoms with Crippen molar-refractivity contribution in [1.82, 2.24) is 0 Å². The maximum absolute atomic E-state index is 11.3. The van der Waals surface area contributed by atoms with E-state index in [1.165, 1.54) is 64.2 Å². The third-order valence-corrected chi connectivity index (χ3v) is 4.37. The molecule has 1 amide bonds. The van der Waals surface area contributed by atoms with Gasteiger partial charge in [0.05, 0.1) is 0 Å². The van der Waals surface area contributed by atoms with E-state index in [1.54, 1.807) is 6.07 Å². The van der Waals surface area contributed by atoms with Crippen molar-refractivity contribution in [2.45, 2.75) is 84.6 Å². The maximum atomic E-state index is 11.3. The molecule has 1 aromatic heterocycles. The number of rotatable bonds is 12. The SMILES string of the molecule is CCCCCCCCCCCC[n+]1cccc(C(N)=O)c1C.[Cl-]. The number of primary amides is 1. The fourth-order valence-corrected chi connectivity index (χ4v) is 2.90. The number of hydrogen-bond donors (Lipinski definition) is 1. The first-order valence-electron chi connectivity index (χ1n) is 8.95. The molecule has 0 atom stereocenters. The quantitative estimate of drug-likeness (QED) is 0.452. The minimum Gasteiger partial charge on any atom is -1.00 e. The molecule has 0 unspecified atom stereocenters. The molecule has 1 aromatic rings. The van der Waals surface area contributed by atoms with Crippen LogP contribution in [-0.4, -0.2) is 5.91 Å². The number of amides is 1. The van der Waals surface area contributed by atoms with Crippen LogP contribution in [0.3, 0.4) is 0 Å². The van der Waals surface area contributed by atoms with Gasteiger partial charge < -0.3 is 18.1 Å². The fourth-order valence-electron chi connectivity index (χ4n) is 2.90. The van der Waals surface area contributed by atoms with Crippen LogP contribution in [0.2, 0.25) is 0 Å². The molecule has 0 aliphatic heterocycles. The standard InChI is InChI=1S/C19H32N2O.ClH/c1-3-4-5-6-7-8-9-10-11-12-15-21-16-13-14-18(17(21)2)19(20)22;/h13-14,16H,3-12,15H2,1-2H3,(H-,20,22);1H. The molecule has 3 nitrogen and oxygen atoms in total. The van der Waals surface area contributed by atoms with Gasteiger partial charge in [0.15, 0.2) is 11.9 Å². The summed E-state index contributed by atoms with van der Waals surface area (Å²) >= 11 is 0. The van der Waals surface area contributed by atoms with Crippen molar-refractivity contribution in [2.24, 2.45) is 5.73 Å². The lowest BCUT2D eigenvalue weighted by Crippen LogP contribution is -3.00. The highest BCUT2D eigenvalue weighted by Gasteiger charge is 2.14. The second-order valence-electron chi connectivity index (χ2n) is 6.25. The van der Waals surface area contributed by atoms with Gasteiger partial charge in [-0.05, 0) is 12.5 Å². The highest BCUT2D eigenvalue weighted by Crippen LogP contribution is 2.10. The summed E-state index contributed by atoms with van der Waals surface area (Å²) in [6.45, 7) is 5.21. The molecule has 1 heterocycles. The van der Waals surface area contributed by atoms with Crippen LogP contribution in [0.4, 0.5) is 0 Å². The van der Waals surface area contributed by atoms with Gasteiger partial charge in [-0.3, -0.25) is 4.79 Å². The predicted molar refractivity (Wildman–Crippen MR) is 91.7 cm³/mol. The van der Waals surface area contributed by atoms with Gasteiger partial charge in [-0.25, -0.2) is 4.57 Å². The number of carbonyl (C=O) groups excluding carboxylic acids is 1. The monoisotopic (exact) mass is 340 g/mol. The van der Waals surface area contributed by atoms with E-state index in [2.05, 4.69) is 11.5 Å². The number of aryl methyl sites for hydroxylation is 1. The number of halogens is 1. The number of pyridine rings is 1. The normalized spacial score (nSPS) is 10.3. The Hall–Kier alpha value is -1.09. The average Bonchev–Trinajstić information content (AvgIpc) is 2.50. The molecule has 0 aliphatic rings. The molecule has 0 saturated heterocycles.